The first kappa shape index (κ1) is 13.2. The molecule has 0 bridgehead atoms. The van der Waals surface area contributed by atoms with Crippen molar-refractivity contribution in [3.63, 3.8) is 0 Å². The van der Waals surface area contributed by atoms with Crippen molar-refractivity contribution in [2.24, 2.45) is 0 Å². The molecule has 2 aromatic heterocycles. The zero-order chi connectivity index (χ0) is 14.2. The lowest BCUT2D eigenvalue weighted by Gasteiger charge is -2.05. The first-order chi connectivity index (χ1) is 10.3. The van der Waals surface area contributed by atoms with Crippen molar-refractivity contribution < 1.29 is 0 Å². The van der Waals surface area contributed by atoms with Gasteiger partial charge in [0.05, 0.1) is 21.5 Å². The maximum atomic E-state index is 6.32. The molecule has 1 atom stereocenters. The van der Waals surface area contributed by atoms with Crippen molar-refractivity contribution in [3.05, 3.63) is 46.6 Å². The van der Waals surface area contributed by atoms with E-state index in [2.05, 4.69) is 10.3 Å². The van der Waals surface area contributed by atoms with E-state index in [-0.39, 0.29) is 0 Å². The van der Waals surface area contributed by atoms with E-state index in [0.717, 1.165) is 34.7 Å². The van der Waals surface area contributed by atoms with Gasteiger partial charge in [-0.05, 0) is 31.5 Å². The van der Waals surface area contributed by atoms with Crippen LogP contribution < -0.4 is 5.32 Å². The van der Waals surface area contributed by atoms with Gasteiger partial charge in [-0.3, -0.25) is 4.98 Å². The van der Waals surface area contributed by atoms with Gasteiger partial charge in [0, 0.05) is 11.8 Å². The van der Waals surface area contributed by atoms with Crippen LogP contribution in [-0.4, -0.2) is 16.5 Å². The normalized spacial score (nSPS) is 18.4. The fraction of sp³-hybridized carbons (Fsp3) is 0.250. The third-order valence-electron chi connectivity index (χ3n) is 3.81. The Kier molecular flexibility index (Phi) is 3.37. The Morgan fingerprint density at radius 2 is 2.14 bits per heavy atom. The first-order valence-electron chi connectivity index (χ1n) is 7.06. The molecule has 21 heavy (non-hydrogen) atoms. The van der Waals surface area contributed by atoms with Gasteiger partial charge < -0.3 is 5.32 Å². The highest BCUT2D eigenvalue weighted by molar-refractivity contribution is 7.18. The molecule has 1 aromatic carbocycles. The zero-order valence-corrected chi connectivity index (χ0v) is 12.9. The number of fused-ring (bicyclic) bond motifs is 1. The maximum Gasteiger partial charge on any atom is 0.111 e. The highest BCUT2D eigenvalue weighted by Crippen LogP contribution is 2.36. The van der Waals surface area contributed by atoms with Gasteiger partial charge in [0.2, 0.25) is 0 Å². The van der Waals surface area contributed by atoms with E-state index in [1.807, 2.05) is 36.5 Å². The van der Waals surface area contributed by atoms with E-state index < -0.39 is 0 Å². The lowest BCUT2D eigenvalue weighted by molar-refractivity contribution is 0.644. The van der Waals surface area contributed by atoms with Gasteiger partial charge in [0.15, 0.2) is 0 Å². The van der Waals surface area contributed by atoms with Gasteiger partial charge in [-0.25, -0.2) is 4.98 Å². The van der Waals surface area contributed by atoms with Crippen LogP contribution in [0.3, 0.4) is 0 Å². The zero-order valence-electron chi connectivity index (χ0n) is 11.3. The predicted octanol–water partition coefficient (Wildman–Crippen LogP) is 4.44. The molecule has 5 heteroatoms. The Balaban J connectivity index is 1.88. The Morgan fingerprint density at radius 3 is 2.95 bits per heavy atom. The van der Waals surface area contributed by atoms with E-state index in [0.29, 0.717) is 11.1 Å². The second kappa shape index (κ2) is 5.37. The second-order valence-electron chi connectivity index (χ2n) is 5.19. The average molecular weight is 316 g/mol. The fourth-order valence-electron chi connectivity index (χ4n) is 2.77. The average Bonchev–Trinajstić information content (AvgIpc) is 3.16. The van der Waals surface area contributed by atoms with E-state index in [9.17, 15) is 0 Å². The molecule has 3 aromatic rings. The van der Waals surface area contributed by atoms with Crippen LogP contribution in [0.2, 0.25) is 5.02 Å². The van der Waals surface area contributed by atoms with Gasteiger partial charge >= 0.3 is 0 Å². The second-order valence-corrected chi connectivity index (χ2v) is 6.66. The van der Waals surface area contributed by atoms with Crippen molar-refractivity contribution in [2.45, 2.75) is 18.9 Å². The Bertz CT molecular complexity index is 793. The number of aromatic nitrogens is 2. The summed E-state index contributed by atoms with van der Waals surface area (Å²) in [5, 5.41) is 5.38. The quantitative estimate of drug-likeness (QED) is 0.760. The van der Waals surface area contributed by atoms with Gasteiger partial charge in [0.1, 0.15) is 10.5 Å². The van der Waals surface area contributed by atoms with Gasteiger partial charge in [-0.15, -0.1) is 11.3 Å². The minimum absolute atomic E-state index is 0.390. The molecule has 1 aliphatic heterocycles. The highest BCUT2D eigenvalue weighted by atomic mass is 35.5. The van der Waals surface area contributed by atoms with E-state index in [1.54, 1.807) is 11.3 Å². The molecule has 1 fully saturated rings. The molecule has 106 valence electrons. The molecule has 3 nitrogen and oxygen atoms in total. The third kappa shape index (κ3) is 2.33. The number of rotatable bonds is 2. The largest absolute Gasteiger partial charge is 0.308 e. The molecule has 0 unspecified atom stereocenters. The third-order valence-corrected chi connectivity index (χ3v) is 5.28. The van der Waals surface area contributed by atoms with E-state index in [1.165, 1.54) is 11.1 Å². The SMILES string of the molecule is Clc1ccccc1-c1nccc2sc([C@@H]3CCCN3)nc12. The molecule has 0 amide bonds. The first-order valence-corrected chi connectivity index (χ1v) is 8.26. The molecule has 0 aliphatic carbocycles. The number of nitrogens with one attached hydrogen (secondary N) is 1. The fourth-order valence-corrected chi connectivity index (χ4v) is 4.07. The van der Waals surface area contributed by atoms with Crippen LogP contribution in [0.4, 0.5) is 0 Å². The van der Waals surface area contributed by atoms with Crippen LogP contribution in [0.5, 0.6) is 0 Å². The summed E-state index contributed by atoms with van der Waals surface area (Å²) in [6, 6.07) is 10.2. The molecule has 1 aliphatic rings. The maximum absolute atomic E-state index is 6.32. The van der Waals surface area contributed by atoms with Crippen LogP contribution in [0.25, 0.3) is 21.5 Å². The van der Waals surface area contributed by atoms with Crippen LogP contribution in [0.15, 0.2) is 36.5 Å². The summed E-state index contributed by atoms with van der Waals surface area (Å²) >= 11 is 8.07. The summed E-state index contributed by atoms with van der Waals surface area (Å²) < 4.78 is 1.17. The number of thiazole rings is 1. The molecule has 1 N–H and O–H groups in total. The van der Waals surface area contributed by atoms with Crippen molar-refractivity contribution in [1.82, 2.24) is 15.3 Å². The smallest absolute Gasteiger partial charge is 0.111 e. The van der Waals surface area contributed by atoms with E-state index >= 15 is 0 Å². The predicted molar refractivity (Wildman–Crippen MR) is 87.8 cm³/mol. The number of halogens is 1. The van der Waals surface area contributed by atoms with Crippen molar-refractivity contribution in [2.75, 3.05) is 6.54 Å². The van der Waals surface area contributed by atoms with Gasteiger partial charge in [-0.1, -0.05) is 29.8 Å². The Hall–Kier alpha value is -1.49. The summed E-state index contributed by atoms with van der Waals surface area (Å²) in [7, 11) is 0. The number of hydrogen-bond acceptors (Lipinski definition) is 4. The minimum Gasteiger partial charge on any atom is -0.308 e. The van der Waals surface area contributed by atoms with Crippen LogP contribution in [0.1, 0.15) is 23.9 Å². The number of nitrogens with zero attached hydrogens (tertiary/aromatic N) is 2. The van der Waals surface area contributed by atoms with Gasteiger partial charge in [0.25, 0.3) is 0 Å². The Labute approximate surface area is 132 Å². The van der Waals surface area contributed by atoms with Crippen LogP contribution in [0, 0.1) is 0 Å². The summed E-state index contributed by atoms with van der Waals surface area (Å²) in [5.74, 6) is 0. The Morgan fingerprint density at radius 1 is 1.24 bits per heavy atom. The minimum atomic E-state index is 0.390. The number of hydrogen-bond donors (Lipinski definition) is 1. The molecular formula is C16H14ClN3S. The van der Waals surface area contributed by atoms with E-state index in [4.69, 9.17) is 16.6 Å². The standard InChI is InChI=1S/C16H14ClN3S/c17-11-5-2-1-4-10(11)14-15-13(7-9-19-14)21-16(20-15)12-6-3-8-18-12/h1-2,4-5,7,9,12,18H,3,6,8H2/t12-/m0/s1. The lowest BCUT2D eigenvalue weighted by Crippen LogP contribution is -2.12. The van der Waals surface area contributed by atoms with Crippen molar-refractivity contribution in [1.29, 1.82) is 0 Å². The number of pyridine rings is 1. The molecule has 4 rings (SSSR count). The van der Waals surface area contributed by atoms with Gasteiger partial charge in [-0.2, -0.15) is 0 Å². The number of benzene rings is 1. The topological polar surface area (TPSA) is 37.8 Å². The molecule has 0 spiro atoms. The molecular weight excluding hydrogens is 302 g/mol. The molecule has 0 radical (unpaired) electrons. The summed E-state index contributed by atoms with van der Waals surface area (Å²) in [6.07, 6.45) is 4.22. The van der Waals surface area contributed by atoms with Crippen LogP contribution in [-0.2, 0) is 0 Å². The van der Waals surface area contributed by atoms with Crippen LogP contribution >= 0.6 is 22.9 Å². The molecule has 1 saturated heterocycles. The lowest BCUT2D eigenvalue weighted by atomic mass is 10.1. The molecule has 3 heterocycles. The highest BCUT2D eigenvalue weighted by Gasteiger charge is 2.21. The van der Waals surface area contributed by atoms with Crippen molar-refractivity contribution >= 4 is 33.2 Å². The monoisotopic (exact) mass is 315 g/mol. The van der Waals surface area contributed by atoms with Crippen molar-refractivity contribution in [3.8, 4) is 11.3 Å². The summed E-state index contributed by atoms with van der Waals surface area (Å²) in [6.45, 7) is 1.08. The molecule has 0 saturated carbocycles. The summed E-state index contributed by atoms with van der Waals surface area (Å²) in [4.78, 5) is 9.36. The summed E-state index contributed by atoms with van der Waals surface area (Å²) in [5.41, 5.74) is 2.78.